The summed E-state index contributed by atoms with van der Waals surface area (Å²) in [6, 6.07) is 53.8. The molecule has 0 aliphatic rings. The molecule has 6 nitrogen and oxygen atoms in total. The molecule has 5 heterocycles. The van der Waals surface area contributed by atoms with Gasteiger partial charge >= 0.3 is 0 Å². The molecule has 5 aromatic heterocycles. The minimum atomic E-state index is 0.853. The summed E-state index contributed by atoms with van der Waals surface area (Å²) in [5.74, 6) is 1.75. The summed E-state index contributed by atoms with van der Waals surface area (Å²) < 4.78 is 11.0. The summed E-state index contributed by atoms with van der Waals surface area (Å²) in [4.78, 5) is 14.2. The summed E-state index contributed by atoms with van der Waals surface area (Å²) in [5.41, 5.74) is 14.8. The van der Waals surface area contributed by atoms with Gasteiger partial charge in [-0.1, -0.05) is 78.4 Å². The standard InChI is InChI=1S/C50H33N5O/c1-29-18-21-41-36(23-29)39-24-30(2)25-40(48(39)52-41)50-53-49-33(14-10-15-42(49)54(50)32-11-4-3-5-12-32)31-19-20-34-37-27-38-35-13-6-7-16-45(35)56-46(38)28-44(37)55(43(34)26-31)47-17-8-9-22-51-47/h3-28,52H,1-2H3. The Labute approximate surface area is 320 Å². The van der Waals surface area contributed by atoms with E-state index in [0.717, 1.165) is 99.8 Å². The van der Waals surface area contributed by atoms with Gasteiger partial charge in [-0.15, -0.1) is 0 Å². The Morgan fingerprint density at radius 2 is 1.36 bits per heavy atom. The molecule has 0 unspecified atom stereocenters. The largest absolute Gasteiger partial charge is 0.456 e. The van der Waals surface area contributed by atoms with Crippen molar-refractivity contribution in [3.05, 3.63) is 169 Å². The molecule has 0 atom stereocenters. The van der Waals surface area contributed by atoms with Gasteiger partial charge in [-0.3, -0.25) is 9.13 Å². The van der Waals surface area contributed by atoms with Crippen molar-refractivity contribution in [2.75, 3.05) is 0 Å². The summed E-state index contributed by atoms with van der Waals surface area (Å²) in [7, 11) is 0. The molecule has 56 heavy (non-hydrogen) atoms. The first kappa shape index (κ1) is 31.0. The summed E-state index contributed by atoms with van der Waals surface area (Å²) in [5, 5.41) is 6.97. The van der Waals surface area contributed by atoms with Crippen LogP contribution in [0.5, 0.6) is 0 Å². The van der Waals surface area contributed by atoms with E-state index in [1.54, 1.807) is 0 Å². The first-order chi connectivity index (χ1) is 27.6. The highest BCUT2D eigenvalue weighted by molar-refractivity contribution is 6.18. The van der Waals surface area contributed by atoms with Crippen molar-refractivity contribution in [3.8, 4) is 34.0 Å². The van der Waals surface area contributed by atoms with Crippen molar-refractivity contribution >= 4 is 76.6 Å². The zero-order valence-corrected chi connectivity index (χ0v) is 30.7. The van der Waals surface area contributed by atoms with E-state index in [-0.39, 0.29) is 0 Å². The fraction of sp³-hybridized carbons (Fsp3) is 0.0400. The number of benzene rings is 7. The lowest BCUT2D eigenvalue weighted by molar-refractivity contribution is 0.669. The van der Waals surface area contributed by atoms with E-state index in [2.05, 4.69) is 155 Å². The van der Waals surface area contributed by atoms with Crippen LogP contribution in [0.25, 0.3) is 111 Å². The van der Waals surface area contributed by atoms with Gasteiger partial charge in [0.05, 0.1) is 27.6 Å². The average Bonchev–Trinajstić information content (AvgIpc) is 3.99. The molecule has 12 aromatic rings. The third-order valence-electron chi connectivity index (χ3n) is 11.4. The SMILES string of the molecule is Cc1ccc2[nH]c3c(-c4nc5c(-c6ccc7c8cc9c(cc8n(-c8ccccn8)c7c6)oc6ccccc69)cccc5n4-c4ccccc4)cc(C)cc3c2c1. The smallest absolute Gasteiger partial charge is 0.147 e. The molecule has 1 N–H and O–H groups in total. The number of H-pyrrole nitrogens is 1. The van der Waals surface area contributed by atoms with Gasteiger partial charge in [0.1, 0.15) is 22.8 Å². The molecule has 0 radical (unpaired) electrons. The number of aryl methyl sites for hydroxylation is 2. The van der Waals surface area contributed by atoms with Crippen molar-refractivity contribution in [1.82, 2.24) is 24.1 Å². The van der Waals surface area contributed by atoms with E-state index >= 15 is 0 Å². The quantitative estimate of drug-likeness (QED) is 0.197. The van der Waals surface area contributed by atoms with Crippen LogP contribution in [0.2, 0.25) is 0 Å². The Hall–Kier alpha value is -7.44. The minimum absolute atomic E-state index is 0.853. The molecule has 264 valence electrons. The van der Waals surface area contributed by atoms with Gasteiger partial charge in [0.2, 0.25) is 0 Å². The number of imidazole rings is 1. The number of nitrogens with one attached hydrogen (secondary N) is 1. The van der Waals surface area contributed by atoms with Crippen molar-refractivity contribution in [2.24, 2.45) is 0 Å². The first-order valence-electron chi connectivity index (χ1n) is 19.0. The normalized spacial score (nSPS) is 12.1. The van der Waals surface area contributed by atoms with E-state index in [9.17, 15) is 0 Å². The molecule has 0 aliphatic heterocycles. The second-order valence-electron chi connectivity index (χ2n) is 14.9. The van der Waals surface area contributed by atoms with Gasteiger partial charge in [-0.2, -0.15) is 0 Å². The van der Waals surface area contributed by atoms with Crippen molar-refractivity contribution in [2.45, 2.75) is 13.8 Å². The zero-order chi connectivity index (χ0) is 37.1. The van der Waals surface area contributed by atoms with E-state index in [0.29, 0.717) is 0 Å². The number of pyridine rings is 1. The lowest BCUT2D eigenvalue weighted by Crippen LogP contribution is -1.98. The Kier molecular flexibility index (Phi) is 6.38. The van der Waals surface area contributed by atoms with E-state index in [1.165, 1.54) is 21.9 Å². The van der Waals surface area contributed by atoms with E-state index < -0.39 is 0 Å². The third kappa shape index (κ3) is 4.44. The van der Waals surface area contributed by atoms with Crippen LogP contribution in [-0.4, -0.2) is 24.1 Å². The Balaban J connectivity index is 1.14. The van der Waals surface area contributed by atoms with Gasteiger partial charge < -0.3 is 9.40 Å². The van der Waals surface area contributed by atoms with Gasteiger partial charge in [-0.05, 0) is 97.8 Å². The van der Waals surface area contributed by atoms with Crippen LogP contribution in [0.4, 0.5) is 0 Å². The van der Waals surface area contributed by atoms with Gasteiger partial charge in [0.15, 0.2) is 0 Å². The monoisotopic (exact) mass is 719 g/mol. The maximum atomic E-state index is 6.38. The average molecular weight is 720 g/mol. The second kappa shape index (κ2) is 11.5. The molecule has 0 bridgehead atoms. The zero-order valence-electron chi connectivity index (χ0n) is 30.7. The van der Waals surface area contributed by atoms with Crippen molar-refractivity contribution in [1.29, 1.82) is 0 Å². The van der Waals surface area contributed by atoms with E-state index in [4.69, 9.17) is 14.4 Å². The summed E-state index contributed by atoms with van der Waals surface area (Å²) in [6.07, 6.45) is 1.85. The molecule has 0 saturated heterocycles. The van der Waals surface area contributed by atoms with Crippen molar-refractivity contribution in [3.63, 3.8) is 0 Å². The fourth-order valence-electron chi connectivity index (χ4n) is 8.92. The maximum Gasteiger partial charge on any atom is 0.147 e. The molecule has 7 aromatic carbocycles. The van der Waals surface area contributed by atoms with Crippen LogP contribution in [0, 0.1) is 13.8 Å². The van der Waals surface area contributed by atoms with Crippen LogP contribution >= 0.6 is 0 Å². The molecular weight excluding hydrogens is 687 g/mol. The van der Waals surface area contributed by atoms with Crippen LogP contribution in [-0.2, 0) is 0 Å². The number of fused-ring (bicyclic) bond motifs is 10. The summed E-state index contributed by atoms with van der Waals surface area (Å²) >= 11 is 0. The number of nitrogens with zero attached hydrogens (tertiary/aromatic N) is 4. The summed E-state index contributed by atoms with van der Waals surface area (Å²) in [6.45, 7) is 4.33. The molecule has 0 spiro atoms. The highest BCUT2D eigenvalue weighted by Gasteiger charge is 2.23. The van der Waals surface area contributed by atoms with Gasteiger partial charge in [0, 0.05) is 66.9 Å². The second-order valence-corrected chi connectivity index (χ2v) is 14.9. The number of aromatic amines is 1. The highest BCUT2D eigenvalue weighted by atomic mass is 16.3. The van der Waals surface area contributed by atoms with Crippen molar-refractivity contribution < 1.29 is 4.42 Å². The fourth-order valence-corrected chi connectivity index (χ4v) is 8.92. The number of rotatable bonds is 4. The van der Waals surface area contributed by atoms with E-state index in [1.807, 2.05) is 30.5 Å². The van der Waals surface area contributed by atoms with Crippen LogP contribution in [0.1, 0.15) is 11.1 Å². The number of hydrogen-bond donors (Lipinski definition) is 1. The molecule has 0 saturated carbocycles. The molecule has 0 aliphatic carbocycles. The first-order valence-corrected chi connectivity index (χ1v) is 19.0. The molecule has 0 amide bonds. The molecule has 12 rings (SSSR count). The maximum absolute atomic E-state index is 6.38. The highest BCUT2D eigenvalue weighted by Crippen LogP contribution is 2.42. The lowest BCUT2D eigenvalue weighted by atomic mass is 10.0. The lowest BCUT2D eigenvalue weighted by Gasteiger charge is -2.11. The van der Waals surface area contributed by atoms with Gasteiger partial charge in [-0.25, -0.2) is 9.97 Å². The Morgan fingerprint density at radius 3 is 2.25 bits per heavy atom. The molecular formula is C50H33N5O. The van der Waals surface area contributed by atoms with Crippen LogP contribution in [0.3, 0.4) is 0 Å². The topological polar surface area (TPSA) is 64.6 Å². The number of aromatic nitrogens is 5. The van der Waals surface area contributed by atoms with Crippen LogP contribution < -0.4 is 0 Å². The predicted molar refractivity (Wildman–Crippen MR) is 230 cm³/mol. The third-order valence-corrected chi connectivity index (χ3v) is 11.4. The van der Waals surface area contributed by atoms with Gasteiger partial charge in [0.25, 0.3) is 0 Å². The number of para-hydroxylation sites is 3. The molecule has 0 fully saturated rings. The Morgan fingerprint density at radius 1 is 0.518 bits per heavy atom. The minimum Gasteiger partial charge on any atom is -0.456 e. The van der Waals surface area contributed by atoms with Crippen LogP contribution in [0.15, 0.2) is 162 Å². The number of hydrogen-bond acceptors (Lipinski definition) is 3. The number of furan rings is 1. The Bertz CT molecular complexity index is 3550. The molecule has 6 heteroatoms. The predicted octanol–water partition coefficient (Wildman–Crippen LogP) is 13.0.